The van der Waals surface area contributed by atoms with Gasteiger partial charge in [-0.3, -0.25) is 4.79 Å². The molecule has 1 atom stereocenters. The minimum absolute atomic E-state index is 0.257. The molecule has 0 spiro atoms. The molecule has 0 saturated carbocycles. The number of nitrogens with one attached hydrogen (secondary N) is 1. The number of aryl methyl sites for hydroxylation is 1. The lowest BCUT2D eigenvalue weighted by Crippen LogP contribution is -2.42. The molecule has 1 unspecified atom stereocenters. The first-order chi connectivity index (χ1) is 8.56. The topological polar surface area (TPSA) is 72.9 Å². The van der Waals surface area contributed by atoms with Crippen LogP contribution in [0.1, 0.15) is 45.4 Å². The van der Waals surface area contributed by atoms with Crippen LogP contribution >= 0.6 is 0 Å². The molecule has 1 rings (SSSR count). The maximum Gasteiger partial charge on any atom is 0.234 e. The average molecular weight is 252 g/mol. The molecule has 102 valence electrons. The number of nitrogens with zero attached hydrogens (tertiary/aromatic N) is 2. The predicted octanol–water partition coefficient (Wildman–Crippen LogP) is 1.25. The van der Waals surface area contributed by atoms with Gasteiger partial charge in [-0.05, 0) is 19.4 Å². The third-order valence-corrected chi connectivity index (χ3v) is 2.91. The molecule has 0 aliphatic rings. The van der Waals surface area contributed by atoms with Crippen LogP contribution in [-0.2, 0) is 11.3 Å². The van der Waals surface area contributed by atoms with Crippen LogP contribution in [0.4, 0.5) is 0 Å². The lowest BCUT2D eigenvalue weighted by atomic mass is 10.1. The summed E-state index contributed by atoms with van der Waals surface area (Å²) in [4.78, 5) is 15.6. The van der Waals surface area contributed by atoms with E-state index in [9.17, 15) is 4.79 Å². The molecular weight excluding hydrogens is 228 g/mol. The van der Waals surface area contributed by atoms with Gasteiger partial charge >= 0.3 is 0 Å². The van der Waals surface area contributed by atoms with Gasteiger partial charge in [-0.1, -0.05) is 20.8 Å². The number of carbonyl (C=O) groups is 1. The van der Waals surface area contributed by atoms with Crippen molar-refractivity contribution in [3.63, 3.8) is 0 Å². The van der Waals surface area contributed by atoms with Crippen molar-refractivity contribution in [2.75, 3.05) is 6.54 Å². The van der Waals surface area contributed by atoms with Gasteiger partial charge in [0.05, 0.1) is 6.04 Å². The number of hydrogen-bond donors (Lipinski definition) is 2. The van der Waals surface area contributed by atoms with Crippen molar-refractivity contribution < 1.29 is 4.79 Å². The Morgan fingerprint density at radius 2 is 2.28 bits per heavy atom. The van der Waals surface area contributed by atoms with Crippen molar-refractivity contribution in [1.29, 1.82) is 0 Å². The summed E-state index contributed by atoms with van der Waals surface area (Å²) in [6, 6.07) is -0.257. The van der Waals surface area contributed by atoms with E-state index in [4.69, 9.17) is 5.73 Å². The number of primary amides is 1. The zero-order valence-corrected chi connectivity index (χ0v) is 11.5. The van der Waals surface area contributed by atoms with Gasteiger partial charge < -0.3 is 15.6 Å². The van der Waals surface area contributed by atoms with E-state index in [1.807, 2.05) is 6.20 Å². The number of nitrogens with two attached hydrogens (primary N) is 1. The summed E-state index contributed by atoms with van der Waals surface area (Å²) in [6.45, 7) is 7.86. The lowest BCUT2D eigenvalue weighted by molar-refractivity contribution is -0.120. The van der Waals surface area contributed by atoms with Gasteiger partial charge in [0.2, 0.25) is 5.91 Å². The van der Waals surface area contributed by atoms with Gasteiger partial charge in [0.25, 0.3) is 0 Å². The van der Waals surface area contributed by atoms with Crippen LogP contribution in [0.2, 0.25) is 0 Å². The maximum absolute atomic E-state index is 11.3. The molecule has 0 aliphatic carbocycles. The number of hydrogen-bond acceptors (Lipinski definition) is 3. The largest absolute Gasteiger partial charge is 0.368 e. The summed E-state index contributed by atoms with van der Waals surface area (Å²) in [7, 11) is 0. The highest BCUT2D eigenvalue weighted by molar-refractivity contribution is 5.79. The summed E-state index contributed by atoms with van der Waals surface area (Å²) in [6.07, 6.45) is 5.44. The fourth-order valence-corrected chi connectivity index (χ4v) is 1.94. The van der Waals surface area contributed by atoms with E-state index in [-0.39, 0.29) is 11.9 Å². The lowest BCUT2D eigenvalue weighted by Gasteiger charge is -2.16. The first-order valence-corrected chi connectivity index (χ1v) is 6.60. The highest BCUT2D eigenvalue weighted by Crippen LogP contribution is 2.12. The van der Waals surface area contributed by atoms with Crippen molar-refractivity contribution in [2.24, 2.45) is 5.73 Å². The van der Waals surface area contributed by atoms with Gasteiger partial charge in [-0.25, -0.2) is 4.98 Å². The fraction of sp³-hybridized carbons (Fsp3) is 0.692. The second-order valence-corrected chi connectivity index (χ2v) is 4.83. The molecular formula is C13H24N4O. The standard InChI is InChI=1S/C13H24N4O/c1-4-6-15-11(12(14)18)5-8-17-9-7-16-13(17)10(2)3/h7,9-11,15H,4-6,8H2,1-3H3,(H2,14,18). The van der Waals surface area contributed by atoms with Crippen LogP contribution in [-0.4, -0.2) is 28.0 Å². The number of aromatic nitrogens is 2. The minimum Gasteiger partial charge on any atom is -0.368 e. The second kappa shape index (κ2) is 7.16. The molecule has 0 saturated heterocycles. The molecule has 0 bridgehead atoms. The van der Waals surface area contributed by atoms with E-state index >= 15 is 0 Å². The summed E-state index contributed by atoms with van der Waals surface area (Å²) < 4.78 is 2.09. The van der Waals surface area contributed by atoms with Crippen molar-refractivity contribution in [3.05, 3.63) is 18.2 Å². The molecule has 1 amide bonds. The van der Waals surface area contributed by atoms with Gasteiger partial charge in [0.1, 0.15) is 5.82 Å². The van der Waals surface area contributed by atoms with Crippen LogP contribution in [0.25, 0.3) is 0 Å². The van der Waals surface area contributed by atoms with E-state index in [0.717, 1.165) is 25.3 Å². The van der Waals surface area contributed by atoms with Crippen LogP contribution in [0, 0.1) is 0 Å². The number of carbonyl (C=O) groups excluding carboxylic acids is 1. The zero-order chi connectivity index (χ0) is 13.5. The monoisotopic (exact) mass is 252 g/mol. The Morgan fingerprint density at radius 1 is 1.56 bits per heavy atom. The van der Waals surface area contributed by atoms with E-state index in [0.29, 0.717) is 12.3 Å². The zero-order valence-electron chi connectivity index (χ0n) is 11.5. The van der Waals surface area contributed by atoms with Crippen molar-refractivity contribution in [1.82, 2.24) is 14.9 Å². The number of imidazole rings is 1. The molecule has 0 aliphatic heterocycles. The Labute approximate surface area is 109 Å². The highest BCUT2D eigenvalue weighted by Gasteiger charge is 2.15. The normalized spacial score (nSPS) is 12.9. The highest BCUT2D eigenvalue weighted by atomic mass is 16.1. The molecule has 0 aromatic carbocycles. The Hall–Kier alpha value is -1.36. The van der Waals surface area contributed by atoms with Crippen molar-refractivity contribution in [3.8, 4) is 0 Å². The molecule has 1 heterocycles. The summed E-state index contributed by atoms with van der Waals surface area (Å²) in [5.41, 5.74) is 5.39. The van der Waals surface area contributed by atoms with Crippen molar-refractivity contribution >= 4 is 5.91 Å². The Balaban J connectivity index is 2.55. The second-order valence-electron chi connectivity index (χ2n) is 4.83. The predicted molar refractivity (Wildman–Crippen MR) is 72.2 cm³/mol. The first-order valence-electron chi connectivity index (χ1n) is 6.60. The van der Waals surface area contributed by atoms with Crippen LogP contribution in [0.3, 0.4) is 0 Å². The smallest absolute Gasteiger partial charge is 0.234 e. The number of amides is 1. The molecule has 0 fully saturated rings. The van der Waals surface area contributed by atoms with Crippen molar-refractivity contribution in [2.45, 2.75) is 52.1 Å². The summed E-state index contributed by atoms with van der Waals surface area (Å²) in [5.74, 6) is 1.15. The quantitative estimate of drug-likeness (QED) is 0.731. The third kappa shape index (κ3) is 4.14. The molecule has 3 N–H and O–H groups in total. The molecule has 1 aromatic heterocycles. The van der Waals surface area contributed by atoms with Crippen LogP contribution < -0.4 is 11.1 Å². The van der Waals surface area contributed by atoms with Gasteiger partial charge in [-0.2, -0.15) is 0 Å². The molecule has 5 nitrogen and oxygen atoms in total. The Morgan fingerprint density at radius 3 is 2.83 bits per heavy atom. The molecule has 5 heteroatoms. The van der Waals surface area contributed by atoms with Crippen LogP contribution in [0.5, 0.6) is 0 Å². The van der Waals surface area contributed by atoms with Gasteiger partial charge in [0.15, 0.2) is 0 Å². The minimum atomic E-state index is -0.283. The summed E-state index contributed by atoms with van der Waals surface area (Å²) in [5, 5.41) is 3.17. The Kier molecular flexibility index (Phi) is 5.85. The van der Waals surface area contributed by atoms with E-state index in [1.54, 1.807) is 6.20 Å². The first kappa shape index (κ1) is 14.7. The maximum atomic E-state index is 11.3. The summed E-state index contributed by atoms with van der Waals surface area (Å²) >= 11 is 0. The van der Waals surface area contributed by atoms with E-state index in [2.05, 4.69) is 35.6 Å². The average Bonchev–Trinajstić information content (AvgIpc) is 2.77. The van der Waals surface area contributed by atoms with E-state index < -0.39 is 0 Å². The molecule has 18 heavy (non-hydrogen) atoms. The fourth-order valence-electron chi connectivity index (χ4n) is 1.94. The Bertz CT molecular complexity index is 373. The van der Waals surface area contributed by atoms with Gasteiger partial charge in [0, 0.05) is 24.9 Å². The number of rotatable bonds is 8. The molecule has 1 aromatic rings. The van der Waals surface area contributed by atoms with E-state index in [1.165, 1.54) is 0 Å². The third-order valence-electron chi connectivity index (χ3n) is 2.91. The van der Waals surface area contributed by atoms with Crippen LogP contribution in [0.15, 0.2) is 12.4 Å². The molecule has 0 radical (unpaired) electrons. The SMILES string of the molecule is CCCNC(CCn1ccnc1C(C)C)C(N)=O. The van der Waals surface area contributed by atoms with Gasteiger partial charge in [-0.15, -0.1) is 0 Å².